The van der Waals surface area contributed by atoms with Gasteiger partial charge in [-0.2, -0.15) is 0 Å². The number of amides is 1. The number of ether oxygens (including phenoxy) is 1. The van der Waals surface area contributed by atoms with Crippen molar-refractivity contribution in [2.24, 2.45) is 5.92 Å². The molecule has 6 nitrogen and oxygen atoms in total. The second-order valence-corrected chi connectivity index (χ2v) is 6.21. The van der Waals surface area contributed by atoms with Gasteiger partial charge in [-0.05, 0) is 44.0 Å². The summed E-state index contributed by atoms with van der Waals surface area (Å²) in [5.74, 6) is 1.47. The van der Waals surface area contributed by atoms with E-state index in [-0.39, 0.29) is 6.04 Å². The van der Waals surface area contributed by atoms with Crippen LogP contribution < -0.4 is 4.74 Å². The Bertz CT molecular complexity index is 700. The fourth-order valence-electron chi connectivity index (χ4n) is 2.87. The topological polar surface area (TPSA) is 60.2 Å². The Morgan fingerprint density at radius 2 is 2.00 bits per heavy atom. The van der Waals surface area contributed by atoms with Crippen LogP contribution in [0.15, 0.2) is 30.5 Å². The van der Waals surface area contributed by atoms with E-state index in [4.69, 9.17) is 4.74 Å². The molecule has 0 radical (unpaired) electrons. The Kier molecular flexibility index (Phi) is 3.52. The lowest BCUT2D eigenvalue weighted by molar-refractivity contribution is -0.138. The van der Waals surface area contributed by atoms with Crippen molar-refractivity contribution in [1.82, 2.24) is 19.9 Å². The van der Waals surface area contributed by atoms with E-state index in [2.05, 4.69) is 10.3 Å². The Hall–Kier alpha value is -2.37. The first-order valence-electron chi connectivity index (χ1n) is 8.18. The van der Waals surface area contributed by atoms with Gasteiger partial charge in [0.1, 0.15) is 11.4 Å². The standard InChI is InChI=1S/C17H20N4O2/c1-2-23-15-7-5-12(6-8-15)16-11-21(19-18-16)14-9-20(10-14)17(22)13-3-4-13/h5-8,11,13-14H,2-4,9-10H2,1H3. The van der Waals surface area contributed by atoms with Crippen molar-refractivity contribution in [3.05, 3.63) is 30.5 Å². The van der Waals surface area contributed by atoms with E-state index in [1.54, 1.807) is 0 Å². The molecule has 2 fully saturated rings. The molecular weight excluding hydrogens is 292 g/mol. The number of hydrogen-bond donors (Lipinski definition) is 0. The third-order valence-corrected chi connectivity index (χ3v) is 4.45. The van der Waals surface area contributed by atoms with Crippen LogP contribution >= 0.6 is 0 Å². The number of nitrogens with zero attached hydrogens (tertiary/aromatic N) is 4. The lowest BCUT2D eigenvalue weighted by Crippen LogP contribution is -2.51. The number of aromatic nitrogens is 3. The molecule has 0 atom stereocenters. The van der Waals surface area contributed by atoms with Gasteiger partial charge in [0.2, 0.25) is 5.91 Å². The highest BCUT2D eigenvalue weighted by atomic mass is 16.5. The minimum absolute atomic E-state index is 0.252. The zero-order valence-electron chi connectivity index (χ0n) is 13.2. The Morgan fingerprint density at radius 1 is 1.26 bits per heavy atom. The van der Waals surface area contributed by atoms with Gasteiger partial charge in [-0.3, -0.25) is 4.79 Å². The van der Waals surface area contributed by atoms with Gasteiger partial charge in [-0.25, -0.2) is 4.68 Å². The largest absolute Gasteiger partial charge is 0.494 e. The summed E-state index contributed by atoms with van der Waals surface area (Å²) in [6, 6.07) is 8.11. The van der Waals surface area contributed by atoms with Gasteiger partial charge in [0, 0.05) is 24.6 Å². The van der Waals surface area contributed by atoms with Gasteiger partial charge < -0.3 is 9.64 Å². The third kappa shape index (κ3) is 2.81. The highest BCUT2D eigenvalue weighted by Crippen LogP contribution is 2.34. The highest BCUT2D eigenvalue weighted by molar-refractivity contribution is 5.81. The summed E-state index contributed by atoms with van der Waals surface area (Å²) < 4.78 is 7.32. The van der Waals surface area contributed by atoms with E-state index in [1.807, 2.05) is 47.0 Å². The van der Waals surface area contributed by atoms with Crippen LogP contribution in [0.4, 0.5) is 0 Å². The Balaban J connectivity index is 1.40. The molecule has 4 rings (SSSR count). The molecule has 1 saturated heterocycles. The van der Waals surface area contributed by atoms with E-state index < -0.39 is 0 Å². The molecule has 1 aromatic heterocycles. The maximum atomic E-state index is 11.9. The van der Waals surface area contributed by atoms with Crippen LogP contribution in [0, 0.1) is 5.92 Å². The molecule has 1 aliphatic heterocycles. The van der Waals surface area contributed by atoms with Crippen LogP contribution in [-0.4, -0.2) is 45.5 Å². The molecule has 0 unspecified atom stereocenters. The number of likely N-dealkylation sites (tertiary alicyclic amines) is 1. The molecule has 1 amide bonds. The molecule has 2 aliphatic rings. The first-order chi connectivity index (χ1) is 11.2. The lowest BCUT2D eigenvalue weighted by atomic mass is 10.1. The monoisotopic (exact) mass is 312 g/mol. The highest BCUT2D eigenvalue weighted by Gasteiger charge is 2.40. The molecule has 1 saturated carbocycles. The second-order valence-electron chi connectivity index (χ2n) is 6.21. The lowest BCUT2D eigenvalue weighted by Gasteiger charge is -2.39. The zero-order valence-corrected chi connectivity index (χ0v) is 13.2. The van der Waals surface area contributed by atoms with Crippen molar-refractivity contribution in [2.45, 2.75) is 25.8 Å². The normalized spacial score (nSPS) is 17.9. The molecule has 0 N–H and O–H groups in total. The Labute approximate surface area is 135 Å². The fraction of sp³-hybridized carbons (Fsp3) is 0.471. The van der Waals surface area contributed by atoms with Crippen LogP contribution in [0.5, 0.6) is 5.75 Å². The van der Waals surface area contributed by atoms with Crippen molar-refractivity contribution in [1.29, 1.82) is 0 Å². The van der Waals surface area contributed by atoms with Crippen molar-refractivity contribution in [3.8, 4) is 17.0 Å². The van der Waals surface area contributed by atoms with Crippen LogP contribution in [-0.2, 0) is 4.79 Å². The molecule has 6 heteroatoms. The third-order valence-electron chi connectivity index (χ3n) is 4.45. The summed E-state index contributed by atoms with van der Waals surface area (Å²) >= 11 is 0. The van der Waals surface area contributed by atoms with Gasteiger partial charge >= 0.3 is 0 Å². The van der Waals surface area contributed by atoms with Gasteiger partial charge in [0.25, 0.3) is 0 Å². The fourth-order valence-corrected chi connectivity index (χ4v) is 2.87. The first kappa shape index (κ1) is 14.2. The maximum Gasteiger partial charge on any atom is 0.225 e. The quantitative estimate of drug-likeness (QED) is 0.848. The van der Waals surface area contributed by atoms with Gasteiger partial charge in [0.15, 0.2) is 0 Å². The summed E-state index contributed by atoms with van der Waals surface area (Å²) in [7, 11) is 0. The molecule has 0 bridgehead atoms. The van der Waals surface area contributed by atoms with E-state index in [0.717, 1.165) is 42.9 Å². The number of carbonyl (C=O) groups excluding carboxylic acids is 1. The molecule has 0 spiro atoms. The first-order valence-corrected chi connectivity index (χ1v) is 8.18. The van der Waals surface area contributed by atoms with E-state index >= 15 is 0 Å². The molecule has 2 aromatic rings. The van der Waals surface area contributed by atoms with Crippen molar-refractivity contribution in [2.75, 3.05) is 19.7 Å². The predicted octanol–water partition coefficient (Wildman–Crippen LogP) is 2.14. The predicted molar refractivity (Wildman–Crippen MR) is 85.0 cm³/mol. The number of rotatable bonds is 5. The summed E-state index contributed by atoms with van der Waals surface area (Å²) in [5, 5.41) is 8.48. The average Bonchev–Trinajstić information content (AvgIpc) is 3.26. The summed E-state index contributed by atoms with van der Waals surface area (Å²) in [4.78, 5) is 13.9. The molecule has 23 heavy (non-hydrogen) atoms. The SMILES string of the molecule is CCOc1ccc(-c2cn(C3CN(C(=O)C4CC4)C3)nn2)cc1. The number of hydrogen-bond acceptors (Lipinski definition) is 4. The van der Waals surface area contributed by atoms with E-state index in [1.165, 1.54) is 0 Å². The van der Waals surface area contributed by atoms with Crippen LogP contribution in [0.1, 0.15) is 25.8 Å². The van der Waals surface area contributed by atoms with Crippen molar-refractivity contribution >= 4 is 5.91 Å². The molecule has 2 heterocycles. The van der Waals surface area contributed by atoms with Gasteiger partial charge in [0.05, 0.1) is 18.8 Å². The van der Waals surface area contributed by atoms with E-state index in [9.17, 15) is 4.79 Å². The van der Waals surface area contributed by atoms with Gasteiger partial charge in [-0.15, -0.1) is 5.10 Å². The summed E-state index contributed by atoms with van der Waals surface area (Å²) in [6.07, 6.45) is 4.08. The van der Waals surface area contributed by atoms with Crippen LogP contribution in [0.2, 0.25) is 0 Å². The van der Waals surface area contributed by atoms with Crippen LogP contribution in [0.25, 0.3) is 11.3 Å². The number of carbonyl (C=O) groups is 1. The smallest absolute Gasteiger partial charge is 0.225 e. The van der Waals surface area contributed by atoms with E-state index in [0.29, 0.717) is 18.4 Å². The summed E-state index contributed by atoms with van der Waals surface area (Å²) in [6.45, 7) is 4.13. The summed E-state index contributed by atoms with van der Waals surface area (Å²) in [5.41, 5.74) is 1.87. The van der Waals surface area contributed by atoms with Crippen molar-refractivity contribution < 1.29 is 9.53 Å². The minimum atomic E-state index is 0.252. The average molecular weight is 312 g/mol. The molecule has 120 valence electrons. The van der Waals surface area contributed by atoms with Crippen LogP contribution in [0.3, 0.4) is 0 Å². The second kappa shape index (κ2) is 5.68. The Morgan fingerprint density at radius 3 is 2.65 bits per heavy atom. The minimum Gasteiger partial charge on any atom is -0.494 e. The number of benzene rings is 1. The maximum absolute atomic E-state index is 11.9. The molecule has 1 aliphatic carbocycles. The van der Waals surface area contributed by atoms with Gasteiger partial charge in [-0.1, -0.05) is 5.21 Å². The molecule has 1 aromatic carbocycles. The molecular formula is C17H20N4O2. The van der Waals surface area contributed by atoms with Crippen molar-refractivity contribution in [3.63, 3.8) is 0 Å². The zero-order chi connectivity index (χ0) is 15.8.